The summed E-state index contributed by atoms with van der Waals surface area (Å²) < 4.78 is 13.6. The molecule has 7 heteroatoms. The Bertz CT molecular complexity index is 1110. The standard InChI is InChI=1S/C22H21FN4O2/c23-16-3-1-2-14(10-16)15-4-5-17-18(11-15)20(24)26-12-19(17)22(29)27-8-6-13(7-9-27)21(25)28/h1-5,10-13H,6-9H2,(H2,24,26)(H2,25,28). The molecule has 3 aromatic rings. The van der Waals surface area contributed by atoms with Gasteiger partial charge in [0.15, 0.2) is 0 Å². The van der Waals surface area contributed by atoms with Crippen molar-refractivity contribution in [3.63, 3.8) is 0 Å². The number of nitrogens with zero attached hydrogens (tertiary/aromatic N) is 2. The highest BCUT2D eigenvalue weighted by Gasteiger charge is 2.27. The lowest BCUT2D eigenvalue weighted by molar-refractivity contribution is -0.123. The van der Waals surface area contributed by atoms with Crippen LogP contribution in [0, 0.1) is 11.7 Å². The number of primary amides is 1. The Balaban J connectivity index is 1.68. The van der Waals surface area contributed by atoms with Crippen molar-refractivity contribution < 1.29 is 14.0 Å². The summed E-state index contributed by atoms with van der Waals surface area (Å²) in [6.07, 6.45) is 2.61. The second-order valence-corrected chi connectivity index (χ2v) is 7.30. The summed E-state index contributed by atoms with van der Waals surface area (Å²) in [7, 11) is 0. The monoisotopic (exact) mass is 392 g/mol. The number of halogens is 1. The minimum atomic E-state index is -0.322. The SMILES string of the molecule is NC(=O)C1CCN(C(=O)c2cnc(N)c3cc(-c4cccc(F)c4)ccc23)CC1. The van der Waals surface area contributed by atoms with Crippen LogP contribution in [0.1, 0.15) is 23.2 Å². The number of carbonyl (C=O) groups is 2. The highest BCUT2D eigenvalue weighted by Crippen LogP contribution is 2.30. The van der Waals surface area contributed by atoms with Gasteiger partial charge in [0.2, 0.25) is 5.91 Å². The van der Waals surface area contributed by atoms with Gasteiger partial charge in [-0.25, -0.2) is 9.37 Å². The van der Waals surface area contributed by atoms with E-state index in [-0.39, 0.29) is 23.5 Å². The number of rotatable bonds is 3. The number of carbonyl (C=O) groups excluding carboxylic acids is 2. The summed E-state index contributed by atoms with van der Waals surface area (Å²) in [5, 5.41) is 1.34. The molecule has 1 saturated heterocycles. The number of amides is 2. The number of anilines is 1. The van der Waals surface area contributed by atoms with Gasteiger partial charge >= 0.3 is 0 Å². The van der Waals surface area contributed by atoms with E-state index < -0.39 is 0 Å². The van der Waals surface area contributed by atoms with Crippen molar-refractivity contribution >= 4 is 28.4 Å². The van der Waals surface area contributed by atoms with E-state index in [1.165, 1.54) is 18.3 Å². The van der Waals surface area contributed by atoms with E-state index in [1.807, 2.05) is 24.3 Å². The maximum Gasteiger partial charge on any atom is 0.256 e. The van der Waals surface area contributed by atoms with Crippen LogP contribution in [0.25, 0.3) is 21.9 Å². The van der Waals surface area contributed by atoms with Gasteiger partial charge in [-0.15, -0.1) is 0 Å². The van der Waals surface area contributed by atoms with Crippen LogP contribution in [0.2, 0.25) is 0 Å². The summed E-state index contributed by atoms with van der Waals surface area (Å²) in [6, 6.07) is 11.8. The summed E-state index contributed by atoms with van der Waals surface area (Å²) in [5.74, 6) is -0.668. The molecule has 148 valence electrons. The normalized spacial score (nSPS) is 14.9. The lowest BCUT2D eigenvalue weighted by atomic mass is 9.95. The van der Waals surface area contributed by atoms with E-state index in [2.05, 4.69) is 4.98 Å². The third-order valence-corrected chi connectivity index (χ3v) is 5.49. The summed E-state index contributed by atoms with van der Waals surface area (Å²) in [4.78, 5) is 30.4. The van der Waals surface area contributed by atoms with Gasteiger partial charge in [-0.2, -0.15) is 0 Å². The Hall–Kier alpha value is -3.48. The molecular weight excluding hydrogens is 371 g/mol. The lowest BCUT2D eigenvalue weighted by Gasteiger charge is -2.30. The quantitative estimate of drug-likeness (QED) is 0.715. The Labute approximate surface area is 167 Å². The Morgan fingerprint density at radius 1 is 1.03 bits per heavy atom. The van der Waals surface area contributed by atoms with Gasteiger partial charge in [0.05, 0.1) is 5.56 Å². The zero-order valence-electron chi connectivity index (χ0n) is 15.8. The van der Waals surface area contributed by atoms with Crippen LogP contribution in [0.3, 0.4) is 0 Å². The molecule has 1 aromatic heterocycles. The van der Waals surface area contributed by atoms with E-state index >= 15 is 0 Å². The van der Waals surface area contributed by atoms with Gasteiger partial charge in [-0.3, -0.25) is 9.59 Å². The second kappa shape index (κ2) is 7.50. The number of likely N-dealkylation sites (tertiary alicyclic amines) is 1. The number of nitrogen functional groups attached to an aromatic ring is 1. The largest absolute Gasteiger partial charge is 0.383 e. The first-order chi connectivity index (χ1) is 13.9. The van der Waals surface area contributed by atoms with Crippen LogP contribution < -0.4 is 11.5 Å². The second-order valence-electron chi connectivity index (χ2n) is 7.30. The van der Waals surface area contributed by atoms with E-state index in [0.717, 1.165) is 11.1 Å². The maximum absolute atomic E-state index is 13.6. The highest BCUT2D eigenvalue weighted by molar-refractivity contribution is 6.09. The first-order valence-electron chi connectivity index (χ1n) is 9.47. The summed E-state index contributed by atoms with van der Waals surface area (Å²) >= 11 is 0. The number of piperidine rings is 1. The van der Waals surface area contributed by atoms with E-state index in [1.54, 1.807) is 11.0 Å². The van der Waals surface area contributed by atoms with Gasteiger partial charge < -0.3 is 16.4 Å². The molecule has 2 aromatic carbocycles. The molecule has 4 rings (SSSR count). The zero-order chi connectivity index (χ0) is 20.5. The number of benzene rings is 2. The molecule has 0 unspecified atom stereocenters. The number of hydrogen-bond donors (Lipinski definition) is 2. The Morgan fingerprint density at radius 2 is 1.76 bits per heavy atom. The van der Waals surface area contributed by atoms with Crippen molar-refractivity contribution in [3.05, 3.63) is 60.0 Å². The lowest BCUT2D eigenvalue weighted by Crippen LogP contribution is -2.41. The number of pyridine rings is 1. The molecule has 29 heavy (non-hydrogen) atoms. The highest BCUT2D eigenvalue weighted by atomic mass is 19.1. The van der Waals surface area contributed by atoms with E-state index in [0.29, 0.717) is 48.1 Å². The molecule has 1 aliphatic heterocycles. The van der Waals surface area contributed by atoms with Gasteiger partial charge in [0, 0.05) is 30.6 Å². The molecule has 1 fully saturated rings. The number of aromatic nitrogens is 1. The van der Waals surface area contributed by atoms with Crippen molar-refractivity contribution in [2.75, 3.05) is 18.8 Å². The Morgan fingerprint density at radius 3 is 2.45 bits per heavy atom. The molecule has 1 aliphatic rings. The molecule has 0 bridgehead atoms. The van der Waals surface area contributed by atoms with E-state index in [9.17, 15) is 14.0 Å². The van der Waals surface area contributed by atoms with Crippen molar-refractivity contribution in [1.29, 1.82) is 0 Å². The number of nitrogens with two attached hydrogens (primary N) is 2. The van der Waals surface area contributed by atoms with Crippen molar-refractivity contribution in [1.82, 2.24) is 9.88 Å². The summed E-state index contributed by atoms with van der Waals surface area (Å²) in [5.41, 5.74) is 13.4. The van der Waals surface area contributed by atoms with Gasteiger partial charge in [0.25, 0.3) is 5.91 Å². The average molecular weight is 392 g/mol. The van der Waals surface area contributed by atoms with Crippen LogP contribution in [-0.4, -0.2) is 34.8 Å². The fourth-order valence-corrected chi connectivity index (χ4v) is 3.82. The number of hydrogen-bond acceptors (Lipinski definition) is 4. The molecule has 0 saturated carbocycles. The molecule has 0 spiro atoms. The van der Waals surface area contributed by atoms with Crippen LogP contribution in [-0.2, 0) is 4.79 Å². The third kappa shape index (κ3) is 3.63. The molecular formula is C22H21FN4O2. The zero-order valence-corrected chi connectivity index (χ0v) is 15.8. The van der Waals surface area contributed by atoms with Crippen molar-refractivity contribution in [2.45, 2.75) is 12.8 Å². The predicted octanol–water partition coefficient (Wildman–Crippen LogP) is 2.96. The summed E-state index contributed by atoms with van der Waals surface area (Å²) in [6.45, 7) is 0.944. The van der Waals surface area contributed by atoms with E-state index in [4.69, 9.17) is 11.5 Å². The van der Waals surface area contributed by atoms with Crippen LogP contribution >= 0.6 is 0 Å². The smallest absolute Gasteiger partial charge is 0.256 e. The number of fused-ring (bicyclic) bond motifs is 1. The average Bonchev–Trinajstić information content (AvgIpc) is 2.73. The minimum Gasteiger partial charge on any atom is -0.383 e. The minimum absolute atomic E-state index is 0.149. The molecule has 2 heterocycles. The molecule has 6 nitrogen and oxygen atoms in total. The molecule has 4 N–H and O–H groups in total. The predicted molar refractivity (Wildman–Crippen MR) is 109 cm³/mol. The molecule has 0 radical (unpaired) electrons. The van der Waals surface area contributed by atoms with Crippen LogP contribution in [0.5, 0.6) is 0 Å². The van der Waals surface area contributed by atoms with Gasteiger partial charge in [0.1, 0.15) is 11.6 Å². The first kappa shape index (κ1) is 18.9. The molecule has 0 aliphatic carbocycles. The fraction of sp³-hybridized carbons (Fsp3) is 0.227. The van der Waals surface area contributed by atoms with Crippen molar-refractivity contribution in [2.24, 2.45) is 11.7 Å². The van der Waals surface area contributed by atoms with Crippen LogP contribution in [0.4, 0.5) is 10.2 Å². The van der Waals surface area contributed by atoms with Gasteiger partial charge in [-0.1, -0.05) is 24.3 Å². The maximum atomic E-state index is 13.6. The Kier molecular flexibility index (Phi) is 4.88. The first-order valence-corrected chi connectivity index (χ1v) is 9.47. The molecule has 0 atom stereocenters. The van der Waals surface area contributed by atoms with Crippen LogP contribution in [0.15, 0.2) is 48.7 Å². The van der Waals surface area contributed by atoms with Gasteiger partial charge in [-0.05, 0) is 47.6 Å². The molecule has 2 amide bonds. The fourth-order valence-electron chi connectivity index (χ4n) is 3.82. The topological polar surface area (TPSA) is 102 Å². The van der Waals surface area contributed by atoms with Crippen molar-refractivity contribution in [3.8, 4) is 11.1 Å². The third-order valence-electron chi connectivity index (χ3n) is 5.49.